The van der Waals surface area contributed by atoms with Gasteiger partial charge >= 0.3 is 0 Å². The maximum atomic E-state index is 7.26. The van der Waals surface area contributed by atoms with E-state index in [0.717, 1.165) is 60.6 Å². The first-order chi connectivity index (χ1) is 19.6. The number of allylic oxidation sites excluding steroid dienone is 8. The SMILES string of the molecule is C[Si](C)(C)OCCCC(CO[Si](C)(C)C)(C1C2C=CC=CC2C2CCCCC21)C1C2C=CC=CC2C2CCCCC21. The maximum absolute atomic E-state index is 7.26. The molecule has 0 aromatic rings. The average Bonchev–Trinajstić information content (AvgIpc) is 3.46. The van der Waals surface area contributed by atoms with Crippen LogP contribution in [-0.2, 0) is 8.85 Å². The monoisotopic (exact) mass is 592 g/mol. The van der Waals surface area contributed by atoms with Crippen LogP contribution in [0.25, 0.3) is 0 Å². The highest BCUT2D eigenvalue weighted by Gasteiger charge is 2.64. The molecule has 0 spiro atoms. The quantitative estimate of drug-likeness (QED) is 0.186. The van der Waals surface area contributed by atoms with Crippen LogP contribution >= 0.6 is 0 Å². The second kappa shape index (κ2) is 12.0. The zero-order valence-corrected chi connectivity index (χ0v) is 29.2. The van der Waals surface area contributed by atoms with Gasteiger partial charge in [0.15, 0.2) is 16.6 Å². The molecule has 0 aromatic heterocycles. The van der Waals surface area contributed by atoms with Gasteiger partial charge in [-0.25, -0.2) is 0 Å². The summed E-state index contributed by atoms with van der Waals surface area (Å²) >= 11 is 0. The van der Waals surface area contributed by atoms with Gasteiger partial charge in [0.05, 0.1) is 0 Å². The van der Waals surface area contributed by atoms with E-state index in [1.807, 2.05) is 0 Å². The first-order valence-corrected chi connectivity index (χ1v) is 24.4. The van der Waals surface area contributed by atoms with Crippen LogP contribution in [0.15, 0.2) is 48.6 Å². The Hall–Kier alpha value is -0.686. The van der Waals surface area contributed by atoms with Crippen molar-refractivity contribution in [1.29, 1.82) is 0 Å². The summed E-state index contributed by atoms with van der Waals surface area (Å²) in [5.74, 6) is 7.72. The lowest BCUT2D eigenvalue weighted by Crippen LogP contribution is -2.52. The fourth-order valence-electron chi connectivity index (χ4n) is 11.2. The third kappa shape index (κ3) is 6.03. The molecule has 0 saturated heterocycles. The molecule has 41 heavy (non-hydrogen) atoms. The lowest BCUT2D eigenvalue weighted by Gasteiger charge is -2.54. The van der Waals surface area contributed by atoms with Gasteiger partial charge in [-0.2, -0.15) is 0 Å². The number of hydrogen-bond donors (Lipinski definition) is 0. The summed E-state index contributed by atoms with van der Waals surface area (Å²) < 4.78 is 13.8. The Bertz CT molecular complexity index is 969. The van der Waals surface area contributed by atoms with E-state index in [1.165, 1.54) is 64.2 Å². The van der Waals surface area contributed by atoms with Crippen LogP contribution < -0.4 is 0 Å². The maximum Gasteiger partial charge on any atom is 0.183 e. The molecule has 0 radical (unpaired) electrons. The van der Waals surface area contributed by atoms with Gasteiger partial charge in [-0.3, -0.25) is 0 Å². The summed E-state index contributed by atoms with van der Waals surface area (Å²) in [6, 6.07) is 0. The summed E-state index contributed by atoms with van der Waals surface area (Å²) in [5.41, 5.74) is 0.216. The predicted molar refractivity (Wildman–Crippen MR) is 179 cm³/mol. The van der Waals surface area contributed by atoms with Gasteiger partial charge in [0.2, 0.25) is 0 Å². The highest BCUT2D eigenvalue weighted by molar-refractivity contribution is 6.70. The molecule has 0 aliphatic heterocycles. The van der Waals surface area contributed by atoms with Crippen molar-refractivity contribution >= 4 is 16.6 Å². The minimum absolute atomic E-state index is 0.216. The number of rotatable bonds is 10. The Morgan fingerprint density at radius 1 is 0.561 bits per heavy atom. The average molecular weight is 593 g/mol. The molecule has 6 aliphatic rings. The third-order valence-electron chi connectivity index (χ3n) is 12.4. The van der Waals surface area contributed by atoms with E-state index < -0.39 is 16.6 Å². The molecule has 0 aromatic carbocycles. The molecule has 2 nitrogen and oxygen atoms in total. The zero-order valence-electron chi connectivity index (χ0n) is 27.2. The third-order valence-corrected chi connectivity index (χ3v) is 14.4. The fourth-order valence-corrected chi connectivity index (χ4v) is 12.7. The molecule has 228 valence electrons. The Balaban J connectivity index is 1.47. The summed E-state index contributed by atoms with van der Waals surface area (Å²) in [7, 11) is -3.25. The van der Waals surface area contributed by atoms with Crippen LogP contribution in [0.3, 0.4) is 0 Å². The van der Waals surface area contributed by atoms with Crippen molar-refractivity contribution in [2.24, 2.45) is 64.6 Å². The van der Waals surface area contributed by atoms with E-state index in [-0.39, 0.29) is 5.41 Å². The summed E-state index contributed by atoms with van der Waals surface area (Å²) in [6.07, 6.45) is 34.2. The lowest BCUT2D eigenvalue weighted by molar-refractivity contribution is -0.0700. The standard InChI is InChI=1S/C37H60O2Si2/c1-40(2,3)38-25-15-24-37(26-39-41(4,5)6,35-31-20-11-7-16-27(31)28-17-8-12-21-32(28)35)36-33-22-13-9-18-29(33)30-19-10-14-23-34(30)36/h7,9,11,13,16,18,20,22,27-36H,8,10,12,14-15,17,19,21,23-26H2,1-6H3. The second-order valence-corrected chi connectivity index (χ2v) is 25.9. The molecule has 4 heteroatoms. The van der Waals surface area contributed by atoms with E-state index in [9.17, 15) is 0 Å². The molecular weight excluding hydrogens is 533 g/mol. The van der Waals surface area contributed by atoms with Gasteiger partial charge in [-0.15, -0.1) is 0 Å². The molecule has 4 saturated carbocycles. The zero-order chi connectivity index (χ0) is 28.8. The minimum atomic E-state index is -1.71. The summed E-state index contributed by atoms with van der Waals surface area (Å²) in [6.45, 7) is 16.3. The summed E-state index contributed by atoms with van der Waals surface area (Å²) in [5, 5.41) is 0. The molecule has 10 unspecified atom stereocenters. The van der Waals surface area contributed by atoms with Crippen molar-refractivity contribution in [2.75, 3.05) is 13.2 Å². The van der Waals surface area contributed by atoms with Gasteiger partial charge in [0.1, 0.15) is 0 Å². The molecule has 6 aliphatic carbocycles. The van der Waals surface area contributed by atoms with Crippen LogP contribution in [0, 0.1) is 64.6 Å². The van der Waals surface area contributed by atoms with Crippen molar-refractivity contribution in [2.45, 2.75) is 103 Å². The van der Waals surface area contributed by atoms with Crippen molar-refractivity contribution in [3.8, 4) is 0 Å². The van der Waals surface area contributed by atoms with Crippen LogP contribution in [0.4, 0.5) is 0 Å². The van der Waals surface area contributed by atoms with Crippen molar-refractivity contribution < 1.29 is 8.85 Å². The number of hydrogen-bond acceptors (Lipinski definition) is 2. The topological polar surface area (TPSA) is 18.5 Å². The lowest BCUT2D eigenvalue weighted by atomic mass is 9.52. The highest BCUT2D eigenvalue weighted by atomic mass is 28.4. The van der Waals surface area contributed by atoms with E-state index in [1.54, 1.807) is 0 Å². The largest absolute Gasteiger partial charge is 0.418 e. The molecule has 0 bridgehead atoms. The van der Waals surface area contributed by atoms with Crippen LogP contribution in [-0.4, -0.2) is 29.8 Å². The van der Waals surface area contributed by atoms with Crippen LogP contribution in [0.1, 0.15) is 64.2 Å². The Morgan fingerprint density at radius 3 is 1.41 bits per heavy atom. The second-order valence-electron chi connectivity index (χ2n) is 16.8. The van der Waals surface area contributed by atoms with E-state index in [4.69, 9.17) is 8.85 Å². The normalized spacial score (nSPS) is 41.0. The van der Waals surface area contributed by atoms with Crippen molar-refractivity contribution in [3.05, 3.63) is 48.6 Å². The van der Waals surface area contributed by atoms with Gasteiger partial charge in [0.25, 0.3) is 0 Å². The fraction of sp³-hybridized carbons (Fsp3) is 0.784. The molecule has 4 fully saturated rings. The van der Waals surface area contributed by atoms with Gasteiger partial charge in [-0.1, -0.05) is 74.3 Å². The Labute approximate surface area is 254 Å². The Morgan fingerprint density at radius 2 is 0.976 bits per heavy atom. The first-order valence-electron chi connectivity index (χ1n) is 17.6. The first kappa shape index (κ1) is 30.3. The van der Waals surface area contributed by atoms with Gasteiger partial charge in [-0.05, 0) is 142 Å². The molecule has 0 amide bonds. The Kier molecular flexibility index (Phi) is 8.89. The van der Waals surface area contributed by atoms with E-state index in [2.05, 4.69) is 87.9 Å². The molecular formula is C37H60O2Si2. The smallest absolute Gasteiger partial charge is 0.183 e. The van der Waals surface area contributed by atoms with Crippen molar-refractivity contribution in [1.82, 2.24) is 0 Å². The van der Waals surface area contributed by atoms with E-state index in [0.29, 0.717) is 11.8 Å². The van der Waals surface area contributed by atoms with Crippen molar-refractivity contribution in [3.63, 3.8) is 0 Å². The van der Waals surface area contributed by atoms with Crippen LogP contribution in [0.5, 0.6) is 0 Å². The molecule has 10 atom stereocenters. The van der Waals surface area contributed by atoms with Gasteiger partial charge in [0, 0.05) is 13.2 Å². The van der Waals surface area contributed by atoms with E-state index >= 15 is 0 Å². The molecule has 0 N–H and O–H groups in total. The molecule has 0 heterocycles. The predicted octanol–water partition coefficient (Wildman–Crippen LogP) is 10.0. The molecule has 6 rings (SSSR count). The minimum Gasteiger partial charge on any atom is -0.418 e. The highest BCUT2D eigenvalue weighted by Crippen LogP contribution is 2.69. The summed E-state index contributed by atoms with van der Waals surface area (Å²) in [4.78, 5) is 0. The van der Waals surface area contributed by atoms with Crippen LogP contribution in [0.2, 0.25) is 39.3 Å². The van der Waals surface area contributed by atoms with Gasteiger partial charge < -0.3 is 8.85 Å². The number of fused-ring (bicyclic) bond motifs is 6.